The van der Waals surface area contributed by atoms with Crippen molar-refractivity contribution in [1.82, 2.24) is 15.0 Å². The van der Waals surface area contributed by atoms with Gasteiger partial charge in [0.25, 0.3) is 6.02 Å². The van der Waals surface area contributed by atoms with E-state index in [1.165, 1.54) is 0 Å². The SMILES string of the molecule is COc1cncc(-c2c[nH]c3ccc(C(=N)OC(=N)N)nc23)c1. The van der Waals surface area contributed by atoms with Crippen LogP contribution >= 0.6 is 0 Å². The van der Waals surface area contributed by atoms with Gasteiger partial charge in [-0.25, -0.2) is 4.98 Å². The van der Waals surface area contributed by atoms with Crippen LogP contribution in [0.3, 0.4) is 0 Å². The van der Waals surface area contributed by atoms with Gasteiger partial charge in [0.1, 0.15) is 11.4 Å². The first-order valence-corrected chi connectivity index (χ1v) is 6.67. The van der Waals surface area contributed by atoms with E-state index in [4.69, 9.17) is 26.0 Å². The first-order chi connectivity index (χ1) is 11.1. The Hall–Kier alpha value is -3.42. The molecular weight excluding hydrogens is 296 g/mol. The molecule has 0 unspecified atom stereocenters. The van der Waals surface area contributed by atoms with Crippen molar-refractivity contribution in [3.8, 4) is 16.9 Å². The van der Waals surface area contributed by atoms with Gasteiger partial charge in [0.05, 0.1) is 24.3 Å². The number of ether oxygens (including phenoxy) is 2. The minimum Gasteiger partial charge on any atom is -0.495 e. The van der Waals surface area contributed by atoms with Crippen LogP contribution in [0.2, 0.25) is 0 Å². The number of nitrogens with two attached hydrogens (primary N) is 1. The number of pyridine rings is 2. The number of nitrogens with one attached hydrogen (secondary N) is 3. The second-order valence-electron chi connectivity index (χ2n) is 4.70. The highest BCUT2D eigenvalue weighted by atomic mass is 16.5. The van der Waals surface area contributed by atoms with Crippen molar-refractivity contribution >= 4 is 23.0 Å². The Labute approximate surface area is 131 Å². The molecule has 0 atom stereocenters. The van der Waals surface area contributed by atoms with Crippen LogP contribution in [-0.2, 0) is 4.74 Å². The summed E-state index contributed by atoms with van der Waals surface area (Å²) in [5.74, 6) is 0.357. The quantitative estimate of drug-likeness (QED) is 0.433. The molecule has 0 saturated carbocycles. The number of hydrogen-bond donors (Lipinski definition) is 4. The summed E-state index contributed by atoms with van der Waals surface area (Å²) in [6.45, 7) is 0. The van der Waals surface area contributed by atoms with E-state index in [1.54, 1.807) is 31.6 Å². The molecular formula is C15H14N6O2. The van der Waals surface area contributed by atoms with E-state index < -0.39 is 6.02 Å². The van der Waals surface area contributed by atoms with Crippen molar-refractivity contribution in [2.24, 2.45) is 5.73 Å². The van der Waals surface area contributed by atoms with E-state index in [-0.39, 0.29) is 11.6 Å². The van der Waals surface area contributed by atoms with Gasteiger partial charge in [-0.05, 0) is 18.2 Å². The van der Waals surface area contributed by atoms with Crippen LogP contribution in [-0.4, -0.2) is 34.0 Å². The molecule has 3 aromatic heterocycles. The summed E-state index contributed by atoms with van der Waals surface area (Å²) in [6.07, 6.45) is 5.14. The average Bonchev–Trinajstić information content (AvgIpc) is 2.97. The zero-order valence-corrected chi connectivity index (χ0v) is 12.3. The van der Waals surface area contributed by atoms with Gasteiger partial charge in [-0.3, -0.25) is 15.8 Å². The standard InChI is InChI=1S/C15H14N6O2/c1-22-9-4-8(5-19-6-9)10-7-20-11-2-3-12(21-13(10)11)14(16)23-15(17)18/h2-7,16,20H,1H3,(H3,17,18). The Morgan fingerprint density at radius 2 is 2.09 bits per heavy atom. The van der Waals surface area contributed by atoms with Crippen molar-refractivity contribution in [1.29, 1.82) is 10.8 Å². The summed E-state index contributed by atoms with van der Waals surface area (Å²) in [6, 6.07) is 4.70. The van der Waals surface area contributed by atoms with Crippen LogP contribution in [0.4, 0.5) is 0 Å². The molecule has 8 nitrogen and oxygen atoms in total. The van der Waals surface area contributed by atoms with Gasteiger partial charge in [0.15, 0.2) is 0 Å². The molecule has 8 heteroatoms. The average molecular weight is 310 g/mol. The number of fused-ring (bicyclic) bond motifs is 1. The van der Waals surface area contributed by atoms with Crippen LogP contribution in [0, 0.1) is 10.8 Å². The molecule has 0 aliphatic rings. The number of amidine groups is 1. The number of aromatic nitrogens is 3. The maximum absolute atomic E-state index is 7.78. The van der Waals surface area contributed by atoms with Gasteiger partial charge in [0.2, 0.25) is 5.90 Å². The molecule has 3 rings (SSSR count). The minimum absolute atomic E-state index is 0.282. The van der Waals surface area contributed by atoms with E-state index in [9.17, 15) is 0 Å². The van der Waals surface area contributed by atoms with Crippen molar-refractivity contribution in [3.63, 3.8) is 0 Å². The highest BCUT2D eigenvalue weighted by Crippen LogP contribution is 2.29. The smallest absolute Gasteiger partial charge is 0.286 e. The lowest BCUT2D eigenvalue weighted by Gasteiger charge is -2.05. The normalized spacial score (nSPS) is 10.5. The second-order valence-corrected chi connectivity index (χ2v) is 4.70. The third-order valence-electron chi connectivity index (χ3n) is 3.23. The Morgan fingerprint density at radius 3 is 2.83 bits per heavy atom. The van der Waals surface area contributed by atoms with E-state index >= 15 is 0 Å². The molecule has 0 saturated heterocycles. The molecule has 0 fully saturated rings. The Bertz CT molecular complexity index is 902. The predicted molar refractivity (Wildman–Crippen MR) is 85.7 cm³/mol. The molecule has 23 heavy (non-hydrogen) atoms. The summed E-state index contributed by atoms with van der Waals surface area (Å²) in [5, 5.41) is 14.9. The lowest BCUT2D eigenvalue weighted by atomic mass is 10.1. The molecule has 0 aliphatic carbocycles. The van der Waals surface area contributed by atoms with E-state index in [1.807, 2.05) is 12.3 Å². The van der Waals surface area contributed by atoms with Crippen molar-refractivity contribution in [2.75, 3.05) is 7.11 Å². The number of aromatic amines is 1. The Balaban J connectivity index is 2.08. The van der Waals surface area contributed by atoms with Crippen LogP contribution < -0.4 is 10.5 Å². The van der Waals surface area contributed by atoms with E-state index in [2.05, 4.69) is 15.0 Å². The first kappa shape index (κ1) is 14.5. The summed E-state index contributed by atoms with van der Waals surface area (Å²) in [5.41, 5.74) is 8.55. The second kappa shape index (κ2) is 5.76. The van der Waals surface area contributed by atoms with E-state index in [0.717, 1.165) is 16.6 Å². The fraction of sp³-hybridized carbons (Fsp3) is 0.0667. The van der Waals surface area contributed by atoms with Crippen molar-refractivity contribution < 1.29 is 9.47 Å². The van der Waals surface area contributed by atoms with E-state index in [0.29, 0.717) is 11.3 Å². The van der Waals surface area contributed by atoms with Gasteiger partial charge in [-0.2, -0.15) is 0 Å². The summed E-state index contributed by atoms with van der Waals surface area (Å²) in [7, 11) is 1.58. The molecule has 3 heterocycles. The fourth-order valence-electron chi connectivity index (χ4n) is 2.19. The first-order valence-electron chi connectivity index (χ1n) is 6.67. The lowest BCUT2D eigenvalue weighted by molar-refractivity contribution is 0.413. The minimum atomic E-state index is -0.553. The maximum Gasteiger partial charge on any atom is 0.286 e. The largest absolute Gasteiger partial charge is 0.495 e. The molecule has 0 aromatic carbocycles. The van der Waals surface area contributed by atoms with Gasteiger partial charge in [-0.1, -0.05) is 0 Å². The molecule has 116 valence electrons. The summed E-state index contributed by atoms with van der Waals surface area (Å²) in [4.78, 5) is 11.7. The lowest BCUT2D eigenvalue weighted by Crippen LogP contribution is -2.20. The van der Waals surface area contributed by atoms with Crippen LogP contribution in [0.15, 0.2) is 36.8 Å². The zero-order valence-electron chi connectivity index (χ0n) is 12.3. The van der Waals surface area contributed by atoms with Crippen LogP contribution in [0.1, 0.15) is 5.69 Å². The van der Waals surface area contributed by atoms with Gasteiger partial charge in [-0.15, -0.1) is 0 Å². The van der Waals surface area contributed by atoms with Crippen molar-refractivity contribution in [3.05, 3.63) is 42.5 Å². The maximum atomic E-state index is 7.78. The van der Waals surface area contributed by atoms with Gasteiger partial charge < -0.3 is 20.2 Å². The molecule has 0 bridgehead atoms. The molecule has 0 amide bonds. The molecule has 0 aliphatic heterocycles. The highest BCUT2D eigenvalue weighted by molar-refractivity contribution is 6.00. The van der Waals surface area contributed by atoms with Crippen LogP contribution in [0.25, 0.3) is 22.2 Å². The number of methoxy groups -OCH3 is 1. The Kier molecular flexibility index (Phi) is 3.63. The topological polar surface area (TPSA) is 134 Å². The van der Waals surface area contributed by atoms with Crippen LogP contribution in [0.5, 0.6) is 5.75 Å². The fourth-order valence-corrected chi connectivity index (χ4v) is 2.19. The third-order valence-corrected chi connectivity index (χ3v) is 3.23. The summed E-state index contributed by atoms with van der Waals surface area (Å²) >= 11 is 0. The molecule has 0 radical (unpaired) electrons. The molecule has 0 spiro atoms. The van der Waals surface area contributed by atoms with Crippen molar-refractivity contribution in [2.45, 2.75) is 0 Å². The van der Waals surface area contributed by atoms with Gasteiger partial charge in [0, 0.05) is 23.5 Å². The third kappa shape index (κ3) is 2.82. The zero-order chi connectivity index (χ0) is 16.4. The predicted octanol–water partition coefficient (Wildman–Crippen LogP) is 1.87. The number of hydrogen-bond acceptors (Lipinski definition) is 6. The Morgan fingerprint density at radius 1 is 1.26 bits per heavy atom. The van der Waals surface area contributed by atoms with Gasteiger partial charge >= 0.3 is 0 Å². The number of nitrogens with zero attached hydrogens (tertiary/aromatic N) is 2. The number of rotatable bonds is 3. The number of H-pyrrole nitrogens is 1. The molecule has 5 N–H and O–H groups in total. The monoisotopic (exact) mass is 310 g/mol. The molecule has 3 aromatic rings. The summed E-state index contributed by atoms with van der Waals surface area (Å²) < 4.78 is 9.97. The highest BCUT2D eigenvalue weighted by Gasteiger charge is 2.13.